The summed E-state index contributed by atoms with van der Waals surface area (Å²) in [6.07, 6.45) is -16.9. The molecule has 0 aromatic rings. The van der Waals surface area contributed by atoms with Gasteiger partial charge in [-0.2, -0.15) is 0 Å². The van der Waals surface area contributed by atoms with E-state index < -0.39 is 116 Å². The highest BCUT2D eigenvalue weighted by Gasteiger charge is 2.60. The van der Waals surface area contributed by atoms with E-state index in [4.69, 9.17) is 41.6 Å². The summed E-state index contributed by atoms with van der Waals surface area (Å²) in [6.45, 7) is -0.204. The number of ether oxygens (including phenoxy) is 4. The van der Waals surface area contributed by atoms with E-state index in [0.29, 0.717) is 0 Å². The maximum Gasteiger partial charge on any atom is 0.187 e. The maximum atomic E-state index is 11.3. The third-order valence-corrected chi connectivity index (χ3v) is 7.55. The van der Waals surface area contributed by atoms with Crippen molar-refractivity contribution in [2.45, 2.75) is 98.2 Å². The van der Waals surface area contributed by atoms with Gasteiger partial charge in [0.2, 0.25) is 0 Å². The van der Waals surface area contributed by atoms with E-state index in [-0.39, 0.29) is 0 Å². The molecule has 0 aromatic heterocycles. The van der Waals surface area contributed by atoms with Crippen LogP contribution in [0.3, 0.4) is 0 Å². The van der Waals surface area contributed by atoms with Gasteiger partial charge in [-0.05, 0) is 14.0 Å². The largest absolute Gasteiger partial charge is 0.394 e. The number of nitrogens with zero attached hydrogens (tertiary/aromatic N) is 1. The molecule has 15 atom stereocenters. The molecule has 19 nitrogen and oxygen atoms in total. The molecule has 3 aliphatic rings. The van der Waals surface area contributed by atoms with Crippen molar-refractivity contribution in [2.24, 2.45) is 22.2 Å². The second-order valence-corrected chi connectivity index (χ2v) is 10.1. The first-order chi connectivity index (χ1) is 18.7. The summed E-state index contributed by atoms with van der Waals surface area (Å²) in [5, 5.41) is 96.7. The summed E-state index contributed by atoms with van der Waals surface area (Å²) in [5.74, 6) is -1.13. The van der Waals surface area contributed by atoms with Gasteiger partial charge in [-0.25, -0.2) is 4.99 Å². The van der Waals surface area contributed by atoms with Gasteiger partial charge in [0.25, 0.3) is 0 Å². The van der Waals surface area contributed by atoms with E-state index in [0.717, 1.165) is 0 Å². The normalized spacial score (nSPS) is 47.5. The molecule has 2 aliphatic heterocycles. The molecule has 0 bridgehead atoms. The first kappa shape index (κ1) is 32.5. The SMILES string of the molecule is CN[C@@H]1[C@H](O[C@H]2[C@H](O[C@H]3[C@H](O)[C@H](O)[C@H](NC(=N)N)[C@@H](O)[C@@H]3N=C(N)N)O[C@@H](C)[C@]2(O)CO)O[C@@H](CO)[C@H](O)[C@H]1O. The molecule has 0 spiro atoms. The molecule has 19 heteroatoms. The molecule has 0 radical (unpaired) electrons. The Morgan fingerprint density at radius 3 is 2.08 bits per heavy atom. The summed E-state index contributed by atoms with van der Waals surface area (Å²) >= 11 is 0. The second kappa shape index (κ2) is 12.9. The fourth-order valence-corrected chi connectivity index (χ4v) is 5.22. The average molecular weight is 584 g/mol. The number of nitrogens with two attached hydrogens (primary N) is 3. The summed E-state index contributed by atoms with van der Waals surface area (Å²) < 4.78 is 23.2. The van der Waals surface area contributed by atoms with Gasteiger partial charge in [0.1, 0.15) is 60.5 Å². The molecule has 3 rings (SSSR count). The van der Waals surface area contributed by atoms with Gasteiger partial charge in [-0.15, -0.1) is 0 Å². The number of nitrogens with one attached hydrogen (secondary N) is 3. The van der Waals surface area contributed by atoms with E-state index >= 15 is 0 Å². The van der Waals surface area contributed by atoms with Gasteiger partial charge in [0.15, 0.2) is 24.5 Å². The summed E-state index contributed by atoms with van der Waals surface area (Å²) in [7, 11) is 1.44. The Morgan fingerprint density at radius 1 is 0.925 bits per heavy atom. The molecule has 0 aromatic carbocycles. The van der Waals surface area contributed by atoms with Crippen LogP contribution < -0.4 is 27.8 Å². The Labute approximate surface area is 229 Å². The maximum absolute atomic E-state index is 11.3. The summed E-state index contributed by atoms with van der Waals surface area (Å²) in [5.41, 5.74) is 14.2. The third kappa shape index (κ3) is 6.11. The Bertz CT molecular complexity index is 902. The van der Waals surface area contributed by atoms with Gasteiger partial charge in [-0.3, -0.25) is 5.41 Å². The molecule has 0 unspecified atom stereocenters. The van der Waals surface area contributed by atoms with Crippen molar-refractivity contribution in [1.29, 1.82) is 5.41 Å². The van der Waals surface area contributed by atoms with E-state index in [1.165, 1.54) is 14.0 Å². The van der Waals surface area contributed by atoms with E-state index in [2.05, 4.69) is 15.6 Å². The molecule has 1 aliphatic carbocycles. The Hall–Kier alpha value is -1.98. The Morgan fingerprint density at radius 2 is 1.55 bits per heavy atom. The lowest BCUT2D eigenvalue weighted by atomic mass is 9.81. The fourth-order valence-electron chi connectivity index (χ4n) is 5.22. The highest BCUT2D eigenvalue weighted by Crippen LogP contribution is 2.39. The zero-order valence-corrected chi connectivity index (χ0v) is 21.9. The van der Waals surface area contributed by atoms with Crippen molar-refractivity contribution < 1.29 is 59.8 Å². The quantitative estimate of drug-likeness (QED) is 0.0884. The van der Waals surface area contributed by atoms with Crippen LogP contribution in [0.15, 0.2) is 4.99 Å². The number of guanidine groups is 2. The topological polar surface area (TPSA) is 337 Å². The standard InChI is InChI=1S/C21H41N7O12/c1-5-21(36,4-30)16(40-17-9(26-2)13(34)10(31)6(3-29)38-17)18(37-5)39-15-8(28-20(24)25)11(32)7(27-19(22)23)12(33)14(15)35/h5-18,26,29-36H,3-4H2,1-2H3,(H4,22,23,27)(H4,24,25,28)/t5-,6-,7+,8-,9-,10-,11+,12+,13-,14+,15+,16-,17-,18-,21+/m0/s1. The van der Waals surface area contributed by atoms with Crippen LogP contribution in [0.1, 0.15) is 6.92 Å². The molecule has 232 valence electrons. The lowest BCUT2D eigenvalue weighted by Crippen LogP contribution is -2.70. The van der Waals surface area contributed by atoms with E-state index in [1.54, 1.807) is 0 Å². The van der Waals surface area contributed by atoms with Crippen LogP contribution >= 0.6 is 0 Å². The first-order valence-corrected chi connectivity index (χ1v) is 12.5. The minimum Gasteiger partial charge on any atom is -0.394 e. The monoisotopic (exact) mass is 583 g/mol. The minimum absolute atomic E-state index is 0.516. The zero-order chi connectivity index (χ0) is 30.1. The van der Waals surface area contributed by atoms with Crippen LogP contribution in [-0.4, -0.2) is 164 Å². The number of rotatable bonds is 9. The molecule has 17 N–H and O–H groups in total. The lowest BCUT2D eigenvalue weighted by Gasteiger charge is -2.46. The Balaban J connectivity index is 1.95. The van der Waals surface area contributed by atoms with Gasteiger partial charge in [-0.1, -0.05) is 0 Å². The third-order valence-electron chi connectivity index (χ3n) is 7.55. The van der Waals surface area contributed by atoms with Gasteiger partial charge >= 0.3 is 0 Å². The zero-order valence-electron chi connectivity index (χ0n) is 21.9. The molecule has 0 amide bonds. The van der Waals surface area contributed by atoms with E-state index in [1.807, 2.05) is 0 Å². The second-order valence-electron chi connectivity index (χ2n) is 10.1. The molecular weight excluding hydrogens is 542 g/mol. The van der Waals surface area contributed by atoms with Crippen LogP contribution in [0.4, 0.5) is 0 Å². The number of likely N-dealkylation sites (N-methyl/N-ethyl adjacent to an activating group) is 1. The number of aliphatic imine (C=N–C) groups is 1. The van der Waals surface area contributed by atoms with Crippen molar-refractivity contribution in [3.8, 4) is 0 Å². The predicted molar refractivity (Wildman–Crippen MR) is 133 cm³/mol. The predicted octanol–water partition coefficient (Wildman–Crippen LogP) is -8.16. The molecule has 3 fully saturated rings. The lowest BCUT2D eigenvalue weighted by molar-refractivity contribution is -0.317. The number of hydrogen-bond donors (Lipinski definition) is 14. The molecular formula is C21H41N7O12. The molecule has 40 heavy (non-hydrogen) atoms. The fraction of sp³-hybridized carbons (Fsp3) is 0.905. The summed E-state index contributed by atoms with van der Waals surface area (Å²) in [6, 6.07) is -3.94. The minimum atomic E-state index is -2.15. The number of aliphatic hydroxyl groups is 8. The summed E-state index contributed by atoms with van der Waals surface area (Å²) in [4.78, 5) is 3.91. The van der Waals surface area contributed by atoms with Crippen molar-refractivity contribution in [1.82, 2.24) is 10.6 Å². The van der Waals surface area contributed by atoms with Crippen molar-refractivity contribution >= 4 is 11.9 Å². The first-order valence-electron chi connectivity index (χ1n) is 12.5. The van der Waals surface area contributed by atoms with Crippen molar-refractivity contribution in [2.75, 3.05) is 20.3 Å². The van der Waals surface area contributed by atoms with Gasteiger partial charge in [0, 0.05) is 0 Å². The highest BCUT2D eigenvalue weighted by molar-refractivity contribution is 5.76. The van der Waals surface area contributed by atoms with Gasteiger partial charge < -0.3 is 87.6 Å². The van der Waals surface area contributed by atoms with Gasteiger partial charge in [0.05, 0.1) is 31.4 Å². The van der Waals surface area contributed by atoms with Crippen LogP contribution in [0.2, 0.25) is 0 Å². The molecule has 2 heterocycles. The van der Waals surface area contributed by atoms with Crippen LogP contribution in [0, 0.1) is 5.41 Å². The smallest absolute Gasteiger partial charge is 0.187 e. The molecule has 2 saturated heterocycles. The van der Waals surface area contributed by atoms with Crippen molar-refractivity contribution in [3.05, 3.63) is 0 Å². The number of aliphatic hydroxyl groups excluding tert-OH is 7. The van der Waals surface area contributed by atoms with Crippen molar-refractivity contribution in [3.63, 3.8) is 0 Å². The highest BCUT2D eigenvalue weighted by atomic mass is 16.8. The molecule has 1 saturated carbocycles. The number of hydrogen-bond acceptors (Lipinski definition) is 15. The van der Waals surface area contributed by atoms with Crippen LogP contribution in [-0.2, 0) is 18.9 Å². The Kier molecular flexibility index (Phi) is 10.5. The van der Waals surface area contributed by atoms with Crippen LogP contribution in [0.5, 0.6) is 0 Å². The van der Waals surface area contributed by atoms with E-state index in [9.17, 15) is 40.9 Å². The van der Waals surface area contributed by atoms with Crippen LogP contribution in [0.25, 0.3) is 0 Å². The average Bonchev–Trinajstić information content (AvgIpc) is 3.13.